The maximum absolute atomic E-state index is 12.2. The minimum Gasteiger partial charge on any atom is -0.369 e. The Balaban J connectivity index is 1.69. The fraction of sp³-hybridized carbons (Fsp3) is 0.250. The minimum atomic E-state index is -0.173. The number of hydrogen-bond acceptors (Lipinski definition) is 5. The Bertz CT molecular complexity index is 827. The van der Waals surface area contributed by atoms with Gasteiger partial charge in [-0.15, -0.1) is 0 Å². The number of aryl methyl sites for hydroxylation is 1. The molecular formula is C16H18N6O. The first-order valence-corrected chi connectivity index (χ1v) is 7.48. The molecule has 0 fully saturated rings. The zero-order chi connectivity index (χ0) is 16.2. The summed E-state index contributed by atoms with van der Waals surface area (Å²) < 4.78 is 1.80. The van der Waals surface area contributed by atoms with Crippen molar-refractivity contribution in [2.24, 2.45) is 0 Å². The average Bonchev–Trinajstić information content (AvgIpc) is 2.89. The molecule has 3 aromatic rings. The van der Waals surface area contributed by atoms with Gasteiger partial charge in [0.25, 0.3) is 5.91 Å². The second-order valence-corrected chi connectivity index (χ2v) is 5.15. The lowest BCUT2D eigenvalue weighted by atomic mass is 10.2. The van der Waals surface area contributed by atoms with E-state index in [2.05, 4.69) is 20.3 Å². The van der Waals surface area contributed by atoms with Gasteiger partial charge in [0.05, 0.1) is 5.56 Å². The number of hydrogen-bond donors (Lipinski definition) is 2. The monoisotopic (exact) mass is 310 g/mol. The lowest BCUT2D eigenvalue weighted by Gasteiger charge is -2.05. The summed E-state index contributed by atoms with van der Waals surface area (Å²) in [6, 6.07) is 5.57. The predicted molar refractivity (Wildman–Crippen MR) is 87.9 cm³/mol. The number of nitrogens with one attached hydrogen (secondary N) is 1. The summed E-state index contributed by atoms with van der Waals surface area (Å²) in [7, 11) is 0. The topological polar surface area (TPSA) is 98.7 Å². The van der Waals surface area contributed by atoms with Gasteiger partial charge in [-0.1, -0.05) is 6.07 Å². The first-order chi connectivity index (χ1) is 11.2. The Morgan fingerprint density at radius 2 is 2.26 bits per heavy atom. The largest absolute Gasteiger partial charge is 0.369 e. The number of anilines is 1. The molecule has 3 aromatic heterocycles. The van der Waals surface area contributed by atoms with E-state index in [1.54, 1.807) is 29.2 Å². The van der Waals surface area contributed by atoms with Crippen LogP contribution in [0.3, 0.4) is 0 Å². The van der Waals surface area contributed by atoms with Crippen LogP contribution in [0.5, 0.6) is 0 Å². The second-order valence-electron chi connectivity index (χ2n) is 5.15. The number of nitrogens with two attached hydrogens (primary N) is 1. The highest BCUT2D eigenvalue weighted by atomic mass is 16.1. The Morgan fingerprint density at radius 3 is 3.00 bits per heavy atom. The molecule has 118 valence electrons. The lowest BCUT2D eigenvalue weighted by Crippen LogP contribution is -2.25. The number of amides is 1. The molecule has 7 heteroatoms. The third-order valence-corrected chi connectivity index (χ3v) is 3.61. The number of carbonyl (C=O) groups excluding carboxylic acids is 1. The molecule has 3 N–H and O–H groups in total. The van der Waals surface area contributed by atoms with E-state index in [1.165, 1.54) is 0 Å². The SMILES string of the molecule is CCn1c(N)nc2cc(C(=O)NCCc3cccnc3)cnc21. The highest BCUT2D eigenvalue weighted by Crippen LogP contribution is 2.16. The summed E-state index contributed by atoms with van der Waals surface area (Å²) in [5.74, 6) is 0.233. The van der Waals surface area contributed by atoms with Crippen molar-refractivity contribution in [1.29, 1.82) is 0 Å². The maximum atomic E-state index is 12.2. The van der Waals surface area contributed by atoms with E-state index in [4.69, 9.17) is 5.73 Å². The molecule has 0 radical (unpaired) electrons. The van der Waals surface area contributed by atoms with Crippen LogP contribution in [0.4, 0.5) is 5.95 Å². The zero-order valence-electron chi connectivity index (χ0n) is 12.9. The number of rotatable bonds is 5. The minimum absolute atomic E-state index is 0.173. The molecule has 23 heavy (non-hydrogen) atoms. The number of carbonyl (C=O) groups is 1. The number of pyridine rings is 2. The lowest BCUT2D eigenvalue weighted by molar-refractivity contribution is 0.0954. The molecule has 0 bridgehead atoms. The van der Waals surface area contributed by atoms with Gasteiger partial charge in [-0.2, -0.15) is 0 Å². The molecule has 0 aliphatic carbocycles. The van der Waals surface area contributed by atoms with Gasteiger partial charge in [0.2, 0.25) is 5.95 Å². The van der Waals surface area contributed by atoms with Crippen LogP contribution in [-0.2, 0) is 13.0 Å². The average molecular weight is 310 g/mol. The summed E-state index contributed by atoms with van der Waals surface area (Å²) >= 11 is 0. The molecule has 7 nitrogen and oxygen atoms in total. The fourth-order valence-corrected chi connectivity index (χ4v) is 2.43. The van der Waals surface area contributed by atoms with E-state index in [9.17, 15) is 4.79 Å². The highest BCUT2D eigenvalue weighted by molar-refractivity contribution is 5.96. The summed E-state index contributed by atoms with van der Waals surface area (Å²) in [6.07, 6.45) is 5.80. The molecule has 3 rings (SSSR count). The standard InChI is InChI=1S/C16H18N6O/c1-2-22-14-13(21-16(22)17)8-12(10-20-14)15(23)19-7-5-11-4-3-6-18-9-11/h3-4,6,8-10H,2,5,7H2,1H3,(H2,17,21)(H,19,23). The predicted octanol–water partition coefficient (Wildman–Crippen LogP) is 1.40. The molecule has 0 aromatic carbocycles. The normalized spacial score (nSPS) is 10.8. The smallest absolute Gasteiger partial charge is 0.252 e. The summed E-state index contributed by atoms with van der Waals surface area (Å²) in [5, 5.41) is 2.87. The number of imidazole rings is 1. The quantitative estimate of drug-likeness (QED) is 0.742. The van der Waals surface area contributed by atoms with Crippen LogP contribution in [0.1, 0.15) is 22.8 Å². The third kappa shape index (κ3) is 3.13. The van der Waals surface area contributed by atoms with Crippen LogP contribution in [0, 0.1) is 0 Å². The summed E-state index contributed by atoms with van der Waals surface area (Å²) in [4.78, 5) is 24.8. The first kappa shape index (κ1) is 15.0. The van der Waals surface area contributed by atoms with E-state index < -0.39 is 0 Å². The van der Waals surface area contributed by atoms with Crippen LogP contribution < -0.4 is 11.1 Å². The molecule has 0 unspecified atom stereocenters. The molecule has 1 amide bonds. The Kier molecular flexibility index (Phi) is 4.18. The van der Waals surface area contributed by atoms with Crippen LogP contribution in [0.15, 0.2) is 36.8 Å². The first-order valence-electron chi connectivity index (χ1n) is 7.48. The van der Waals surface area contributed by atoms with Gasteiger partial charge in [0.15, 0.2) is 5.65 Å². The van der Waals surface area contributed by atoms with E-state index in [1.807, 2.05) is 19.1 Å². The Morgan fingerprint density at radius 1 is 1.39 bits per heavy atom. The third-order valence-electron chi connectivity index (χ3n) is 3.61. The number of nitrogens with zero attached hydrogens (tertiary/aromatic N) is 4. The second kappa shape index (κ2) is 6.43. The van der Waals surface area contributed by atoms with Gasteiger partial charge in [-0.3, -0.25) is 14.3 Å². The van der Waals surface area contributed by atoms with Crippen molar-refractivity contribution in [2.45, 2.75) is 19.9 Å². The van der Waals surface area contributed by atoms with Crippen molar-refractivity contribution < 1.29 is 4.79 Å². The Labute approximate surface area is 133 Å². The molecular weight excluding hydrogens is 292 g/mol. The molecule has 0 atom stereocenters. The van der Waals surface area contributed by atoms with Crippen molar-refractivity contribution in [3.05, 3.63) is 47.9 Å². The molecule has 0 saturated heterocycles. The van der Waals surface area contributed by atoms with Gasteiger partial charge in [0.1, 0.15) is 5.52 Å². The van der Waals surface area contributed by atoms with Gasteiger partial charge < -0.3 is 11.1 Å². The number of aromatic nitrogens is 4. The molecule has 0 saturated carbocycles. The van der Waals surface area contributed by atoms with Crippen LogP contribution in [-0.4, -0.2) is 32.0 Å². The van der Waals surface area contributed by atoms with E-state index in [0.29, 0.717) is 35.8 Å². The van der Waals surface area contributed by atoms with Crippen molar-refractivity contribution in [3.63, 3.8) is 0 Å². The maximum Gasteiger partial charge on any atom is 0.252 e. The molecule has 0 spiro atoms. The van der Waals surface area contributed by atoms with Crippen molar-refractivity contribution in [3.8, 4) is 0 Å². The molecule has 0 aliphatic heterocycles. The van der Waals surface area contributed by atoms with Gasteiger partial charge in [0, 0.05) is 31.7 Å². The number of fused-ring (bicyclic) bond motifs is 1. The van der Waals surface area contributed by atoms with Gasteiger partial charge in [-0.25, -0.2) is 9.97 Å². The van der Waals surface area contributed by atoms with Crippen molar-refractivity contribution in [1.82, 2.24) is 24.8 Å². The van der Waals surface area contributed by atoms with Crippen LogP contribution in [0.25, 0.3) is 11.2 Å². The van der Waals surface area contributed by atoms with Crippen LogP contribution in [0.2, 0.25) is 0 Å². The van der Waals surface area contributed by atoms with Crippen LogP contribution >= 0.6 is 0 Å². The van der Waals surface area contributed by atoms with E-state index in [-0.39, 0.29) is 5.91 Å². The summed E-state index contributed by atoms with van der Waals surface area (Å²) in [6.45, 7) is 3.19. The molecule has 0 aliphatic rings. The fourth-order valence-electron chi connectivity index (χ4n) is 2.43. The number of nitrogen functional groups attached to an aromatic ring is 1. The van der Waals surface area contributed by atoms with Gasteiger partial charge >= 0.3 is 0 Å². The van der Waals surface area contributed by atoms with Crippen molar-refractivity contribution >= 4 is 23.0 Å². The van der Waals surface area contributed by atoms with E-state index in [0.717, 1.165) is 12.0 Å². The highest BCUT2D eigenvalue weighted by Gasteiger charge is 2.12. The van der Waals surface area contributed by atoms with Gasteiger partial charge in [-0.05, 0) is 31.0 Å². The zero-order valence-corrected chi connectivity index (χ0v) is 12.9. The molecule has 3 heterocycles. The van der Waals surface area contributed by atoms with Crippen molar-refractivity contribution in [2.75, 3.05) is 12.3 Å². The van der Waals surface area contributed by atoms with E-state index >= 15 is 0 Å². The Hall–Kier alpha value is -2.96. The summed E-state index contributed by atoms with van der Waals surface area (Å²) in [5.41, 5.74) is 8.72.